The average Bonchev–Trinajstić information content (AvgIpc) is 2.15. The van der Waals surface area contributed by atoms with Crippen LogP contribution in [-0.4, -0.2) is 5.11 Å². The lowest BCUT2D eigenvalue weighted by atomic mass is 9.88. The topological polar surface area (TPSA) is 20.2 Å². The number of hydrogen-bond donors (Lipinski definition) is 1. The molecular weight excluding hydrogens is 160 g/mol. The zero-order valence-corrected chi connectivity index (χ0v) is 7.67. The van der Waals surface area contributed by atoms with Gasteiger partial charge in [0.15, 0.2) is 0 Å². The van der Waals surface area contributed by atoms with Crippen molar-refractivity contribution in [2.75, 3.05) is 0 Å². The van der Waals surface area contributed by atoms with Crippen LogP contribution in [0, 0.1) is 0 Å². The summed E-state index contributed by atoms with van der Waals surface area (Å²) in [5.74, 6) is 0.360. The molecule has 0 unspecified atom stereocenters. The Hall–Kier alpha value is -1.50. The smallest absolute Gasteiger partial charge is 0.122 e. The van der Waals surface area contributed by atoms with Gasteiger partial charge in [0.25, 0.3) is 0 Å². The van der Waals surface area contributed by atoms with Crippen LogP contribution < -0.4 is 0 Å². The van der Waals surface area contributed by atoms with Gasteiger partial charge in [0.05, 0.1) is 0 Å². The molecule has 0 atom stereocenters. The lowest BCUT2D eigenvalue weighted by Gasteiger charge is -2.19. The van der Waals surface area contributed by atoms with Crippen molar-refractivity contribution in [3.05, 3.63) is 53.3 Å². The van der Waals surface area contributed by atoms with Crippen LogP contribution >= 0.6 is 0 Å². The molecule has 1 aromatic rings. The lowest BCUT2D eigenvalue weighted by molar-refractivity contribution is 0.427. The van der Waals surface area contributed by atoms with Crippen LogP contribution in [-0.2, 0) is 6.42 Å². The molecule has 1 aliphatic carbocycles. The van der Waals surface area contributed by atoms with Crippen molar-refractivity contribution in [3.63, 3.8) is 0 Å². The Kier molecular flexibility index (Phi) is 1.73. The third-order valence-corrected chi connectivity index (χ3v) is 2.49. The normalized spacial score (nSPS) is 15.9. The Morgan fingerprint density at radius 3 is 2.77 bits per heavy atom. The third kappa shape index (κ3) is 1.17. The van der Waals surface area contributed by atoms with E-state index in [-0.39, 0.29) is 0 Å². The maximum absolute atomic E-state index is 9.67. The van der Waals surface area contributed by atoms with E-state index in [0.717, 1.165) is 23.1 Å². The quantitative estimate of drug-likeness (QED) is 0.637. The van der Waals surface area contributed by atoms with Crippen LogP contribution in [0.4, 0.5) is 0 Å². The van der Waals surface area contributed by atoms with Gasteiger partial charge in [-0.3, -0.25) is 0 Å². The Morgan fingerprint density at radius 2 is 2.00 bits per heavy atom. The second-order valence-electron chi connectivity index (χ2n) is 3.44. The molecule has 0 saturated heterocycles. The molecule has 1 aliphatic rings. The minimum absolute atomic E-state index is 0.360. The van der Waals surface area contributed by atoms with Crippen molar-refractivity contribution in [1.29, 1.82) is 0 Å². The summed E-state index contributed by atoms with van der Waals surface area (Å²) in [7, 11) is 0. The largest absolute Gasteiger partial charge is 0.507 e. The van der Waals surface area contributed by atoms with Crippen molar-refractivity contribution in [1.82, 2.24) is 0 Å². The number of hydrogen-bond acceptors (Lipinski definition) is 1. The lowest BCUT2D eigenvalue weighted by Crippen LogP contribution is -2.05. The molecule has 0 amide bonds. The van der Waals surface area contributed by atoms with Gasteiger partial charge < -0.3 is 5.11 Å². The average molecular weight is 172 g/mol. The van der Waals surface area contributed by atoms with E-state index in [1.54, 1.807) is 0 Å². The first-order valence-corrected chi connectivity index (χ1v) is 4.36. The standard InChI is InChI=1S/C12H12O/c1-8-7-10-5-3-4-6-11(10)9(2)12(8)13/h3-6,13H,2,7H2,1H3. The second-order valence-corrected chi connectivity index (χ2v) is 3.44. The first kappa shape index (κ1) is 8.11. The van der Waals surface area contributed by atoms with Crippen molar-refractivity contribution in [2.45, 2.75) is 13.3 Å². The Labute approximate surface area is 78.0 Å². The van der Waals surface area contributed by atoms with Crippen LogP contribution in [0.2, 0.25) is 0 Å². The van der Waals surface area contributed by atoms with Crippen LogP contribution in [0.1, 0.15) is 18.1 Å². The molecule has 0 spiro atoms. The SMILES string of the molecule is C=C1C(O)=C(C)Cc2ccccc21. The summed E-state index contributed by atoms with van der Waals surface area (Å²) in [5.41, 5.74) is 4.08. The fraction of sp³-hybridized carbons (Fsp3) is 0.167. The molecule has 0 saturated carbocycles. The highest BCUT2D eigenvalue weighted by Gasteiger charge is 2.17. The Bertz CT molecular complexity index is 399. The predicted octanol–water partition coefficient (Wildman–Crippen LogP) is 3.09. The maximum Gasteiger partial charge on any atom is 0.122 e. The fourth-order valence-electron chi connectivity index (χ4n) is 1.72. The molecule has 1 heteroatoms. The summed E-state index contributed by atoms with van der Waals surface area (Å²) in [6.07, 6.45) is 0.834. The minimum atomic E-state index is 0.360. The first-order valence-electron chi connectivity index (χ1n) is 4.36. The maximum atomic E-state index is 9.67. The van der Waals surface area contributed by atoms with Crippen molar-refractivity contribution in [3.8, 4) is 0 Å². The van der Waals surface area contributed by atoms with E-state index in [2.05, 4.69) is 12.6 Å². The highest BCUT2D eigenvalue weighted by Crippen LogP contribution is 2.31. The van der Waals surface area contributed by atoms with Gasteiger partial charge in [0, 0.05) is 5.57 Å². The van der Waals surface area contributed by atoms with E-state index < -0.39 is 0 Å². The summed E-state index contributed by atoms with van der Waals surface area (Å²) in [4.78, 5) is 0. The van der Waals surface area contributed by atoms with Crippen LogP contribution in [0.15, 0.2) is 42.2 Å². The molecule has 13 heavy (non-hydrogen) atoms. The zero-order valence-electron chi connectivity index (χ0n) is 7.67. The molecule has 0 bridgehead atoms. The molecule has 1 nitrogen and oxygen atoms in total. The van der Waals surface area contributed by atoms with Crippen LogP contribution in [0.5, 0.6) is 0 Å². The summed E-state index contributed by atoms with van der Waals surface area (Å²) < 4.78 is 0. The molecule has 0 heterocycles. The van der Waals surface area contributed by atoms with Gasteiger partial charge in [0.2, 0.25) is 0 Å². The molecule has 0 fully saturated rings. The van der Waals surface area contributed by atoms with Crippen LogP contribution in [0.25, 0.3) is 5.57 Å². The number of benzene rings is 1. The van der Waals surface area contributed by atoms with E-state index in [1.807, 2.05) is 25.1 Å². The van der Waals surface area contributed by atoms with Gasteiger partial charge >= 0.3 is 0 Å². The predicted molar refractivity (Wildman–Crippen MR) is 54.5 cm³/mol. The van der Waals surface area contributed by atoms with E-state index in [0.29, 0.717) is 5.76 Å². The van der Waals surface area contributed by atoms with Crippen LogP contribution in [0.3, 0.4) is 0 Å². The molecule has 1 aromatic carbocycles. The van der Waals surface area contributed by atoms with Crippen molar-refractivity contribution >= 4 is 5.57 Å². The zero-order chi connectivity index (χ0) is 9.42. The first-order chi connectivity index (χ1) is 6.20. The number of aliphatic hydroxyl groups excluding tert-OH is 1. The van der Waals surface area contributed by atoms with Gasteiger partial charge in [-0.05, 0) is 30.0 Å². The molecule has 2 rings (SSSR count). The molecule has 0 radical (unpaired) electrons. The van der Waals surface area contributed by atoms with E-state index in [4.69, 9.17) is 0 Å². The monoisotopic (exact) mass is 172 g/mol. The summed E-state index contributed by atoms with van der Waals surface area (Å²) in [6, 6.07) is 8.07. The highest BCUT2D eigenvalue weighted by molar-refractivity contribution is 5.80. The van der Waals surface area contributed by atoms with Crippen molar-refractivity contribution in [2.24, 2.45) is 0 Å². The summed E-state index contributed by atoms with van der Waals surface area (Å²) >= 11 is 0. The third-order valence-electron chi connectivity index (χ3n) is 2.49. The van der Waals surface area contributed by atoms with Gasteiger partial charge in [-0.1, -0.05) is 30.8 Å². The number of rotatable bonds is 0. The molecular formula is C12H12O. The van der Waals surface area contributed by atoms with Gasteiger partial charge in [0.1, 0.15) is 5.76 Å². The van der Waals surface area contributed by atoms with E-state index in [9.17, 15) is 5.11 Å². The number of aliphatic hydroxyl groups is 1. The Morgan fingerprint density at radius 1 is 1.31 bits per heavy atom. The summed E-state index contributed by atoms with van der Waals surface area (Å²) in [5, 5.41) is 9.67. The van der Waals surface area contributed by atoms with Gasteiger partial charge in [-0.15, -0.1) is 0 Å². The molecule has 0 aromatic heterocycles. The number of allylic oxidation sites excluding steroid dienone is 2. The highest BCUT2D eigenvalue weighted by atomic mass is 16.3. The second kappa shape index (κ2) is 2.77. The Balaban J connectivity index is 2.59. The van der Waals surface area contributed by atoms with Crippen molar-refractivity contribution < 1.29 is 5.11 Å². The molecule has 0 aliphatic heterocycles. The van der Waals surface area contributed by atoms with Gasteiger partial charge in [-0.25, -0.2) is 0 Å². The molecule has 66 valence electrons. The summed E-state index contributed by atoms with van der Waals surface area (Å²) in [6.45, 7) is 5.82. The number of fused-ring (bicyclic) bond motifs is 1. The van der Waals surface area contributed by atoms with E-state index >= 15 is 0 Å². The van der Waals surface area contributed by atoms with E-state index in [1.165, 1.54) is 5.56 Å². The van der Waals surface area contributed by atoms with Gasteiger partial charge in [-0.2, -0.15) is 0 Å². The minimum Gasteiger partial charge on any atom is -0.507 e. The fourth-order valence-corrected chi connectivity index (χ4v) is 1.72. The molecule has 1 N–H and O–H groups in total.